The monoisotopic (exact) mass is 167 g/mol. The number of rotatable bonds is 2. The van der Waals surface area contributed by atoms with Gasteiger partial charge in [0.25, 0.3) is 0 Å². The second-order valence-electron chi connectivity index (χ2n) is 4.92. The minimum absolute atomic E-state index is 0.253. The molecule has 0 heterocycles. The fraction of sp³-hybridized carbons (Fsp3) is 1.00. The molecule has 0 bridgehead atoms. The Kier molecular flexibility index (Phi) is 2.40. The lowest BCUT2D eigenvalue weighted by molar-refractivity contribution is 0.184. The van der Waals surface area contributed by atoms with Crippen molar-refractivity contribution in [2.45, 2.75) is 63.3 Å². The average molecular weight is 167 g/mol. The molecule has 0 unspecified atom stereocenters. The van der Waals surface area contributed by atoms with Crippen molar-refractivity contribution in [2.24, 2.45) is 11.7 Å². The van der Waals surface area contributed by atoms with E-state index in [-0.39, 0.29) is 5.54 Å². The van der Waals surface area contributed by atoms with Gasteiger partial charge in [-0.25, -0.2) is 0 Å². The quantitative estimate of drug-likeness (QED) is 0.672. The van der Waals surface area contributed by atoms with E-state index in [9.17, 15) is 0 Å². The SMILES string of the molecule is NC1(CC2CCC2)CCCCC1. The van der Waals surface area contributed by atoms with E-state index < -0.39 is 0 Å². The number of hydrogen-bond acceptors (Lipinski definition) is 1. The maximum Gasteiger partial charge on any atom is 0.0157 e. The summed E-state index contributed by atoms with van der Waals surface area (Å²) in [7, 11) is 0. The highest BCUT2D eigenvalue weighted by atomic mass is 14.7. The van der Waals surface area contributed by atoms with E-state index in [0.717, 1.165) is 5.92 Å². The summed E-state index contributed by atoms with van der Waals surface area (Å²) in [5.41, 5.74) is 6.62. The van der Waals surface area contributed by atoms with Crippen LogP contribution >= 0.6 is 0 Å². The van der Waals surface area contributed by atoms with E-state index in [4.69, 9.17) is 5.73 Å². The molecule has 0 amide bonds. The summed E-state index contributed by atoms with van der Waals surface area (Å²) in [6, 6.07) is 0. The van der Waals surface area contributed by atoms with Crippen LogP contribution in [0.4, 0.5) is 0 Å². The molecule has 70 valence electrons. The molecule has 0 aromatic heterocycles. The van der Waals surface area contributed by atoms with Gasteiger partial charge in [-0.1, -0.05) is 38.5 Å². The van der Waals surface area contributed by atoms with Crippen molar-refractivity contribution in [1.29, 1.82) is 0 Å². The molecular formula is C11H21N. The molecule has 0 aliphatic heterocycles. The third-order valence-electron chi connectivity index (χ3n) is 3.77. The maximum atomic E-state index is 6.37. The molecular weight excluding hydrogens is 146 g/mol. The zero-order valence-electron chi connectivity index (χ0n) is 8.02. The Morgan fingerprint density at radius 2 is 1.67 bits per heavy atom. The van der Waals surface area contributed by atoms with Crippen LogP contribution in [0.2, 0.25) is 0 Å². The second kappa shape index (κ2) is 3.37. The first-order valence-corrected chi connectivity index (χ1v) is 5.57. The molecule has 0 aromatic rings. The molecule has 2 rings (SSSR count). The van der Waals surface area contributed by atoms with Gasteiger partial charge in [0, 0.05) is 5.54 Å². The molecule has 0 radical (unpaired) electrons. The molecule has 1 nitrogen and oxygen atoms in total. The Bertz CT molecular complexity index is 143. The molecule has 0 atom stereocenters. The fourth-order valence-electron chi connectivity index (χ4n) is 2.73. The van der Waals surface area contributed by atoms with Gasteiger partial charge in [-0.05, 0) is 25.2 Å². The summed E-state index contributed by atoms with van der Waals surface area (Å²) in [5.74, 6) is 0.994. The van der Waals surface area contributed by atoms with E-state index in [1.54, 1.807) is 0 Å². The second-order valence-corrected chi connectivity index (χ2v) is 4.92. The summed E-state index contributed by atoms with van der Waals surface area (Å²) >= 11 is 0. The van der Waals surface area contributed by atoms with Crippen LogP contribution in [0.1, 0.15) is 57.8 Å². The smallest absolute Gasteiger partial charge is 0.0157 e. The van der Waals surface area contributed by atoms with Crippen molar-refractivity contribution >= 4 is 0 Å². The van der Waals surface area contributed by atoms with Crippen molar-refractivity contribution in [1.82, 2.24) is 0 Å². The molecule has 0 aromatic carbocycles. The summed E-state index contributed by atoms with van der Waals surface area (Å²) in [6.07, 6.45) is 12.5. The first kappa shape index (κ1) is 8.55. The van der Waals surface area contributed by atoms with Crippen molar-refractivity contribution in [3.63, 3.8) is 0 Å². The predicted octanol–water partition coefficient (Wildman–Crippen LogP) is 2.84. The van der Waals surface area contributed by atoms with Crippen LogP contribution in [0.3, 0.4) is 0 Å². The average Bonchev–Trinajstić information content (AvgIpc) is 1.99. The fourth-order valence-corrected chi connectivity index (χ4v) is 2.73. The molecule has 12 heavy (non-hydrogen) atoms. The van der Waals surface area contributed by atoms with Crippen molar-refractivity contribution < 1.29 is 0 Å². The summed E-state index contributed by atoms with van der Waals surface area (Å²) in [6.45, 7) is 0. The maximum absolute atomic E-state index is 6.37. The van der Waals surface area contributed by atoms with Gasteiger partial charge in [0.1, 0.15) is 0 Å². The van der Waals surface area contributed by atoms with Crippen LogP contribution in [-0.4, -0.2) is 5.54 Å². The molecule has 2 aliphatic carbocycles. The minimum Gasteiger partial charge on any atom is -0.325 e. The molecule has 1 heteroatoms. The van der Waals surface area contributed by atoms with E-state index in [1.807, 2.05) is 0 Å². The highest BCUT2D eigenvalue weighted by Crippen LogP contribution is 2.38. The van der Waals surface area contributed by atoms with Crippen molar-refractivity contribution in [2.75, 3.05) is 0 Å². The highest BCUT2D eigenvalue weighted by Gasteiger charge is 2.32. The van der Waals surface area contributed by atoms with Gasteiger partial charge >= 0.3 is 0 Å². The third kappa shape index (κ3) is 1.82. The Morgan fingerprint density at radius 3 is 2.17 bits per heavy atom. The lowest BCUT2D eigenvalue weighted by atomic mass is 9.71. The standard InChI is InChI=1S/C11H21N/c12-11(7-2-1-3-8-11)9-10-5-4-6-10/h10H,1-9,12H2. The van der Waals surface area contributed by atoms with Gasteiger partial charge in [-0.3, -0.25) is 0 Å². The van der Waals surface area contributed by atoms with E-state index in [2.05, 4.69) is 0 Å². The summed E-state index contributed by atoms with van der Waals surface area (Å²) in [5, 5.41) is 0. The third-order valence-corrected chi connectivity index (χ3v) is 3.77. The van der Waals surface area contributed by atoms with Crippen LogP contribution in [0.25, 0.3) is 0 Å². The Morgan fingerprint density at radius 1 is 1.00 bits per heavy atom. The van der Waals surface area contributed by atoms with Crippen LogP contribution < -0.4 is 5.73 Å². The Balaban J connectivity index is 1.81. The van der Waals surface area contributed by atoms with Crippen LogP contribution in [0.15, 0.2) is 0 Å². The molecule has 2 saturated carbocycles. The molecule has 0 spiro atoms. The van der Waals surface area contributed by atoms with Gasteiger partial charge in [0.2, 0.25) is 0 Å². The lowest BCUT2D eigenvalue weighted by Gasteiger charge is -2.39. The van der Waals surface area contributed by atoms with Crippen molar-refractivity contribution in [3.8, 4) is 0 Å². The first-order valence-electron chi connectivity index (χ1n) is 5.57. The zero-order chi connectivity index (χ0) is 8.44. The van der Waals surface area contributed by atoms with Gasteiger partial charge in [-0.15, -0.1) is 0 Å². The van der Waals surface area contributed by atoms with Gasteiger partial charge < -0.3 is 5.73 Å². The molecule has 2 fully saturated rings. The van der Waals surface area contributed by atoms with Gasteiger partial charge in [0.15, 0.2) is 0 Å². The summed E-state index contributed by atoms with van der Waals surface area (Å²) in [4.78, 5) is 0. The largest absolute Gasteiger partial charge is 0.325 e. The molecule has 2 N–H and O–H groups in total. The summed E-state index contributed by atoms with van der Waals surface area (Å²) < 4.78 is 0. The highest BCUT2D eigenvalue weighted by molar-refractivity contribution is 4.90. The Labute approximate surface area is 75.7 Å². The van der Waals surface area contributed by atoms with Crippen LogP contribution in [0, 0.1) is 5.92 Å². The number of hydrogen-bond donors (Lipinski definition) is 1. The van der Waals surface area contributed by atoms with Crippen molar-refractivity contribution in [3.05, 3.63) is 0 Å². The first-order chi connectivity index (χ1) is 5.79. The van der Waals surface area contributed by atoms with Gasteiger partial charge in [-0.2, -0.15) is 0 Å². The molecule has 2 aliphatic rings. The van der Waals surface area contributed by atoms with E-state index in [0.29, 0.717) is 0 Å². The van der Waals surface area contributed by atoms with E-state index in [1.165, 1.54) is 57.8 Å². The number of nitrogens with two attached hydrogens (primary N) is 1. The molecule has 0 saturated heterocycles. The normalized spacial score (nSPS) is 29.8. The zero-order valence-corrected chi connectivity index (χ0v) is 8.02. The Hall–Kier alpha value is -0.0400. The van der Waals surface area contributed by atoms with Gasteiger partial charge in [0.05, 0.1) is 0 Å². The lowest BCUT2D eigenvalue weighted by Crippen LogP contribution is -2.44. The van der Waals surface area contributed by atoms with Crippen LogP contribution in [0.5, 0.6) is 0 Å². The van der Waals surface area contributed by atoms with E-state index >= 15 is 0 Å². The topological polar surface area (TPSA) is 26.0 Å². The van der Waals surface area contributed by atoms with Crippen LogP contribution in [-0.2, 0) is 0 Å². The predicted molar refractivity (Wildman–Crippen MR) is 52.0 cm³/mol. The minimum atomic E-state index is 0.253.